The smallest absolute Gasteiger partial charge is 0.352 e. The van der Waals surface area contributed by atoms with Crippen molar-refractivity contribution in [1.82, 2.24) is 0 Å². The van der Waals surface area contributed by atoms with Gasteiger partial charge in [-0.1, -0.05) is 32.9 Å². The molecule has 0 heterocycles. The van der Waals surface area contributed by atoms with E-state index in [0.717, 1.165) is 5.56 Å². The number of benzene rings is 1. The molecule has 0 saturated carbocycles. The zero-order valence-corrected chi connectivity index (χ0v) is 13.1. The van der Waals surface area contributed by atoms with Crippen molar-refractivity contribution < 1.29 is 24.2 Å². The highest BCUT2D eigenvalue weighted by molar-refractivity contribution is 5.81. The van der Waals surface area contributed by atoms with Crippen molar-refractivity contribution in [2.45, 2.75) is 46.1 Å². The third kappa shape index (κ3) is 4.48. The van der Waals surface area contributed by atoms with Crippen molar-refractivity contribution in [2.75, 3.05) is 6.61 Å². The molecule has 21 heavy (non-hydrogen) atoms. The van der Waals surface area contributed by atoms with Crippen LogP contribution in [0.5, 0.6) is 5.75 Å². The van der Waals surface area contributed by atoms with Crippen LogP contribution >= 0.6 is 0 Å². The molecule has 116 valence electrons. The zero-order valence-electron chi connectivity index (χ0n) is 13.1. The van der Waals surface area contributed by atoms with Gasteiger partial charge in [0.05, 0.1) is 6.61 Å². The molecule has 0 aliphatic carbocycles. The molecule has 1 N–H and O–H groups in total. The number of carbonyl (C=O) groups excluding carboxylic acids is 2. The third-order valence-electron chi connectivity index (χ3n) is 2.96. The standard InChI is InChI=1S/C16H22O5/c1-6-20-15(19)14(21-10(2)17)12-8-7-11(9-13(12)18)16(3,4)5/h7-9,14,18H,6H2,1-5H3/t14-/m0/s1. The Bertz CT molecular complexity index is 528. The topological polar surface area (TPSA) is 72.8 Å². The molecule has 1 rings (SSSR count). The van der Waals surface area contributed by atoms with E-state index < -0.39 is 18.0 Å². The van der Waals surface area contributed by atoms with E-state index in [2.05, 4.69) is 0 Å². The summed E-state index contributed by atoms with van der Waals surface area (Å²) in [5.41, 5.74) is 0.988. The molecule has 0 fully saturated rings. The van der Waals surface area contributed by atoms with Crippen LogP contribution in [0.25, 0.3) is 0 Å². The first-order valence-electron chi connectivity index (χ1n) is 6.84. The van der Waals surface area contributed by atoms with Gasteiger partial charge in [-0.2, -0.15) is 0 Å². The van der Waals surface area contributed by atoms with Crippen LogP contribution in [0.2, 0.25) is 0 Å². The number of hydrogen-bond donors (Lipinski definition) is 1. The zero-order chi connectivity index (χ0) is 16.2. The monoisotopic (exact) mass is 294 g/mol. The molecule has 0 bridgehead atoms. The number of ether oxygens (including phenoxy) is 2. The highest BCUT2D eigenvalue weighted by atomic mass is 16.6. The minimum Gasteiger partial charge on any atom is -0.507 e. The summed E-state index contributed by atoms with van der Waals surface area (Å²) in [5.74, 6) is -1.42. The van der Waals surface area contributed by atoms with Gasteiger partial charge in [0.15, 0.2) is 0 Å². The number of esters is 2. The summed E-state index contributed by atoms with van der Waals surface area (Å²) in [6.07, 6.45) is -1.25. The quantitative estimate of drug-likeness (QED) is 0.864. The summed E-state index contributed by atoms with van der Waals surface area (Å²) in [5, 5.41) is 10.2. The van der Waals surface area contributed by atoms with Crippen LogP contribution in [0, 0.1) is 0 Å². The summed E-state index contributed by atoms with van der Waals surface area (Å²) >= 11 is 0. The third-order valence-corrected chi connectivity index (χ3v) is 2.96. The van der Waals surface area contributed by atoms with Crippen molar-refractivity contribution in [1.29, 1.82) is 0 Å². The summed E-state index contributed by atoms with van der Waals surface area (Å²) in [7, 11) is 0. The second kappa shape index (κ2) is 6.61. The Kier molecular flexibility index (Phi) is 5.35. The Morgan fingerprint density at radius 1 is 1.29 bits per heavy atom. The van der Waals surface area contributed by atoms with E-state index in [4.69, 9.17) is 9.47 Å². The lowest BCUT2D eigenvalue weighted by atomic mass is 9.86. The van der Waals surface area contributed by atoms with Crippen molar-refractivity contribution in [2.24, 2.45) is 0 Å². The lowest BCUT2D eigenvalue weighted by Gasteiger charge is -2.22. The summed E-state index contributed by atoms with van der Waals surface area (Å²) < 4.78 is 9.87. The van der Waals surface area contributed by atoms with Gasteiger partial charge in [0.25, 0.3) is 0 Å². The van der Waals surface area contributed by atoms with Gasteiger partial charge in [-0.15, -0.1) is 0 Å². The van der Waals surface area contributed by atoms with Gasteiger partial charge < -0.3 is 14.6 Å². The fourth-order valence-corrected chi connectivity index (χ4v) is 1.85. The highest BCUT2D eigenvalue weighted by Crippen LogP contribution is 2.33. The SMILES string of the molecule is CCOC(=O)[C@@H](OC(C)=O)c1ccc(C(C)(C)C)cc1O. The number of hydrogen-bond acceptors (Lipinski definition) is 5. The van der Waals surface area contributed by atoms with Crippen LogP contribution in [0.4, 0.5) is 0 Å². The first kappa shape index (κ1) is 17.0. The van der Waals surface area contributed by atoms with Gasteiger partial charge in [0, 0.05) is 12.5 Å². The lowest BCUT2D eigenvalue weighted by Crippen LogP contribution is -2.21. The molecular weight excluding hydrogens is 272 g/mol. The van der Waals surface area contributed by atoms with Gasteiger partial charge in [0.1, 0.15) is 5.75 Å². The van der Waals surface area contributed by atoms with Crippen LogP contribution < -0.4 is 0 Å². The van der Waals surface area contributed by atoms with Gasteiger partial charge in [0.2, 0.25) is 6.10 Å². The second-order valence-electron chi connectivity index (χ2n) is 5.77. The van der Waals surface area contributed by atoms with Gasteiger partial charge in [-0.25, -0.2) is 4.79 Å². The molecular formula is C16H22O5. The Balaban J connectivity index is 3.19. The minimum atomic E-state index is -1.25. The molecule has 5 heteroatoms. The number of aromatic hydroxyl groups is 1. The van der Waals surface area contributed by atoms with Crippen molar-refractivity contribution in [3.63, 3.8) is 0 Å². The van der Waals surface area contributed by atoms with Crippen LogP contribution in [0.15, 0.2) is 18.2 Å². The first-order valence-corrected chi connectivity index (χ1v) is 6.84. The van der Waals surface area contributed by atoms with E-state index in [1.165, 1.54) is 6.92 Å². The molecule has 0 saturated heterocycles. The van der Waals surface area contributed by atoms with Crippen molar-refractivity contribution >= 4 is 11.9 Å². The van der Waals surface area contributed by atoms with Gasteiger partial charge in [-0.3, -0.25) is 4.79 Å². The number of phenolic OH excluding ortho intramolecular Hbond substituents is 1. The summed E-state index contributed by atoms with van der Waals surface area (Å²) in [6, 6.07) is 4.95. The Morgan fingerprint density at radius 3 is 2.33 bits per heavy atom. The molecule has 5 nitrogen and oxygen atoms in total. The van der Waals surface area contributed by atoms with Crippen molar-refractivity contribution in [3.8, 4) is 5.75 Å². The van der Waals surface area contributed by atoms with E-state index >= 15 is 0 Å². The maximum absolute atomic E-state index is 11.9. The molecule has 0 spiro atoms. The van der Waals surface area contributed by atoms with E-state index in [1.807, 2.05) is 20.8 Å². The van der Waals surface area contributed by atoms with E-state index in [9.17, 15) is 14.7 Å². The molecule has 0 aliphatic rings. The van der Waals surface area contributed by atoms with Crippen LogP contribution in [0.1, 0.15) is 51.8 Å². The summed E-state index contributed by atoms with van der Waals surface area (Å²) in [6.45, 7) is 9.05. The molecule has 1 aromatic rings. The maximum atomic E-state index is 11.9. The van der Waals surface area contributed by atoms with Crippen molar-refractivity contribution in [3.05, 3.63) is 29.3 Å². The highest BCUT2D eigenvalue weighted by Gasteiger charge is 2.28. The Labute approximate surface area is 124 Å². The minimum absolute atomic E-state index is 0.0956. The maximum Gasteiger partial charge on any atom is 0.352 e. The van der Waals surface area contributed by atoms with E-state index in [1.54, 1.807) is 25.1 Å². The van der Waals surface area contributed by atoms with Gasteiger partial charge >= 0.3 is 11.9 Å². The van der Waals surface area contributed by atoms with E-state index in [-0.39, 0.29) is 23.3 Å². The summed E-state index contributed by atoms with van der Waals surface area (Å²) in [4.78, 5) is 23.1. The Morgan fingerprint density at radius 2 is 1.90 bits per heavy atom. The van der Waals surface area contributed by atoms with Crippen LogP contribution in [0.3, 0.4) is 0 Å². The predicted molar refractivity (Wildman–Crippen MR) is 77.9 cm³/mol. The number of carbonyl (C=O) groups is 2. The average molecular weight is 294 g/mol. The molecule has 0 aromatic heterocycles. The number of rotatable bonds is 4. The predicted octanol–water partition coefficient (Wildman–Crippen LogP) is 2.86. The largest absolute Gasteiger partial charge is 0.507 e. The van der Waals surface area contributed by atoms with Gasteiger partial charge in [-0.05, 0) is 24.0 Å². The van der Waals surface area contributed by atoms with Crippen LogP contribution in [-0.4, -0.2) is 23.7 Å². The van der Waals surface area contributed by atoms with E-state index in [0.29, 0.717) is 0 Å². The average Bonchev–Trinajstić information content (AvgIpc) is 2.35. The fourth-order valence-electron chi connectivity index (χ4n) is 1.85. The Hall–Kier alpha value is -2.04. The molecule has 0 radical (unpaired) electrons. The lowest BCUT2D eigenvalue weighted by molar-refractivity contribution is -0.167. The molecule has 1 aromatic carbocycles. The second-order valence-corrected chi connectivity index (χ2v) is 5.77. The molecule has 0 amide bonds. The molecule has 1 atom stereocenters. The normalized spacial score (nSPS) is 12.6. The van der Waals surface area contributed by atoms with Crippen LogP contribution in [-0.2, 0) is 24.5 Å². The molecule has 0 aliphatic heterocycles. The number of phenols is 1. The first-order chi connectivity index (χ1) is 9.66. The fraction of sp³-hybridized carbons (Fsp3) is 0.500. The molecule has 0 unspecified atom stereocenters.